The van der Waals surface area contributed by atoms with E-state index in [-0.39, 0.29) is 36.5 Å². The average molecular weight is 697 g/mol. The van der Waals surface area contributed by atoms with Crippen LogP contribution in [0.2, 0.25) is 0 Å². The highest BCUT2D eigenvalue weighted by molar-refractivity contribution is 8.01. The van der Waals surface area contributed by atoms with Gasteiger partial charge in [-0.3, -0.25) is 19.2 Å². The number of amides is 4. The van der Waals surface area contributed by atoms with E-state index < -0.39 is 10.5 Å². The average Bonchev–Trinajstić information content (AvgIpc) is 3.56. The fraction of sp³-hybridized carbons (Fsp3) is 0.100. The van der Waals surface area contributed by atoms with Crippen LogP contribution in [0.3, 0.4) is 0 Å². The van der Waals surface area contributed by atoms with Gasteiger partial charge in [0.25, 0.3) is 0 Å². The SMILES string of the molecule is O=C1C[C@H](Sc2cccc3ccccc23)C(=O)N1c1ccc(Sc2ccc(N3C(=O)C[C@@H](Sc4ccc5ccccc5c4)C3=O)cc2)cc1. The van der Waals surface area contributed by atoms with Crippen LogP contribution in [0.1, 0.15) is 12.8 Å². The summed E-state index contributed by atoms with van der Waals surface area (Å²) in [7, 11) is 0. The number of thioether (sulfide) groups is 2. The summed E-state index contributed by atoms with van der Waals surface area (Å²) >= 11 is 4.39. The Kier molecular flexibility index (Phi) is 8.49. The molecule has 0 aliphatic carbocycles. The lowest BCUT2D eigenvalue weighted by Crippen LogP contribution is -2.31. The zero-order chi connectivity index (χ0) is 33.5. The molecule has 0 radical (unpaired) electrons. The second-order valence-electron chi connectivity index (χ2n) is 11.8. The summed E-state index contributed by atoms with van der Waals surface area (Å²) in [6.07, 6.45) is 0.310. The summed E-state index contributed by atoms with van der Waals surface area (Å²) in [5, 5.41) is 3.45. The molecular formula is C40H28N2O4S3. The molecule has 8 rings (SSSR count). The van der Waals surface area contributed by atoms with Crippen molar-refractivity contribution >= 4 is 91.8 Å². The number of anilines is 2. The van der Waals surface area contributed by atoms with E-state index in [0.29, 0.717) is 11.4 Å². The van der Waals surface area contributed by atoms with Crippen molar-refractivity contribution in [2.45, 2.75) is 42.9 Å². The molecule has 6 aromatic rings. The van der Waals surface area contributed by atoms with Crippen LogP contribution in [-0.4, -0.2) is 34.1 Å². The molecule has 0 bridgehead atoms. The predicted octanol–water partition coefficient (Wildman–Crippen LogP) is 8.99. The van der Waals surface area contributed by atoms with E-state index in [1.54, 1.807) is 24.3 Å². The van der Waals surface area contributed by atoms with Gasteiger partial charge in [0.05, 0.1) is 21.9 Å². The molecule has 6 nitrogen and oxygen atoms in total. The molecule has 2 atom stereocenters. The largest absolute Gasteiger partial charge is 0.274 e. The van der Waals surface area contributed by atoms with Gasteiger partial charge in [-0.2, -0.15) is 0 Å². The number of fused-ring (bicyclic) bond motifs is 2. The zero-order valence-electron chi connectivity index (χ0n) is 26.0. The standard InChI is InChI=1S/C40H28N2O4S3/c43-37-23-35(48-32-17-12-25-6-1-2-8-27(25)22-32)39(45)41(37)28-13-18-30(19-14-28)47-31-20-15-29(16-21-31)42-38(44)24-36(40(42)46)49-34-11-5-9-26-7-3-4-10-33(26)34/h1-22,35-36H,23-24H2/t35-,36+/m1/s1. The second kappa shape index (κ2) is 13.2. The summed E-state index contributed by atoms with van der Waals surface area (Å²) < 4.78 is 0. The number of benzene rings is 6. The molecule has 0 unspecified atom stereocenters. The first-order chi connectivity index (χ1) is 23.9. The monoisotopic (exact) mass is 696 g/mol. The lowest BCUT2D eigenvalue weighted by Gasteiger charge is -2.16. The molecule has 4 amide bonds. The van der Waals surface area contributed by atoms with Gasteiger partial charge in [0.15, 0.2) is 0 Å². The molecule has 49 heavy (non-hydrogen) atoms. The van der Waals surface area contributed by atoms with Crippen LogP contribution >= 0.6 is 35.3 Å². The van der Waals surface area contributed by atoms with E-state index >= 15 is 0 Å². The maximum atomic E-state index is 13.4. The first kappa shape index (κ1) is 31.4. The first-order valence-electron chi connectivity index (χ1n) is 15.8. The smallest absolute Gasteiger partial charge is 0.247 e. The van der Waals surface area contributed by atoms with Gasteiger partial charge in [-0.15, -0.1) is 23.5 Å². The van der Waals surface area contributed by atoms with Crippen molar-refractivity contribution in [2.75, 3.05) is 9.80 Å². The normalized spacial score (nSPS) is 18.0. The quantitative estimate of drug-likeness (QED) is 0.147. The van der Waals surface area contributed by atoms with Crippen molar-refractivity contribution in [3.8, 4) is 0 Å². The molecule has 9 heteroatoms. The van der Waals surface area contributed by atoms with Gasteiger partial charge in [0.2, 0.25) is 23.6 Å². The van der Waals surface area contributed by atoms with Crippen LogP contribution in [0.4, 0.5) is 11.4 Å². The number of rotatable bonds is 8. The van der Waals surface area contributed by atoms with Gasteiger partial charge in [-0.1, -0.05) is 78.5 Å². The van der Waals surface area contributed by atoms with Crippen LogP contribution in [0.15, 0.2) is 153 Å². The zero-order valence-corrected chi connectivity index (χ0v) is 28.5. The van der Waals surface area contributed by atoms with Gasteiger partial charge in [0.1, 0.15) is 0 Å². The number of imide groups is 2. The molecule has 2 aliphatic rings. The molecular weight excluding hydrogens is 669 g/mol. The van der Waals surface area contributed by atoms with E-state index in [2.05, 4.69) is 6.07 Å². The van der Waals surface area contributed by atoms with Gasteiger partial charge >= 0.3 is 0 Å². The van der Waals surface area contributed by atoms with Gasteiger partial charge in [-0.05, 0) is 88.3 Å². The number of hydrogen-bond donors (Lipinski definition) is 0. The number of nitrogens with zero attached hydrogens (tertiary/aromatic N) is 2. The third-order valence-electron chi connectivity index (χ3n) is 8.65. The van der Waals surface area contributed by atoms with Crippen molar-refractivity contribution in [1.29, 1.82) is 0 Å². The second-order valence-corrected chi connectivity index (χ2v) is 15.5. The van der Waals surface area contributed by atoms with Crippen LogP contribution in [0, 0.1) is 0 Å². The lowest BCUT2D eigenvalue weighted by molar-refractivity contribution is -0.122. The number of carbonyl (C=O) groups excluding carboxylic acids is 4. The molecule has 0 aromatic heterocycles. The van der Waals surface area contributed by atoms with E-state index in [1.807, 2.05) is 103 Å². The minimum atomic E-state index is -0.479. The summed E-state index contributed by atoms with van der Waals surface area (Å²) in [5.41, 5.74) is 1.11. The van der Waals surface area contributed by atoms with Crippen LogP contribution in [-0.2, 0) is 19.2 Å². The Morgan fingerprint density at radius 3 is 1.61 bits per heavy atom. The van der Waals surface area contributed by atoms with Crippen molar-refractivity contribution in [1.82, 2.24) is 0 Å². The van der Waals surface area contributed by atoms with E-state index in [1.165, 1.54) is 45.1 Å². The molecule has 240 valence electrons. The molecule has 2 saturated heterocycles. The molecule has 2 heterocycles. The van der Waals surface area contributed by atoms with Gasteiger partial charge in [0, 0.05) is 32.4 Å². The molecule has 0 spiro atoms. The van der Waals surface area contributed by atoms with Gasteiger partial charge < -0.3 is 0 Å². The fourth-order valence-corrected chi connectivity index (χ4v) is 9.38. The maximum Gasteiger partial charge on any atom is 0.247 e. The van der Waals surface area contributed by atoms with Crippen molar-refractivity contribution < 1.29 is 19.2 Å². The van der Waals surface area contributed by atoms with Crippen molar-refractivity contribution in [2.24, 2.45) is 0 Å². The van der Waals surface area contributed by atoms with E-state index in [9.17, 15) is 19.2 Å². The summed E-state index contributed by atoms with van der Waals surface area (Å²) in [5.74, 6) is -0.823. The summed E-state index contributed by atoms with van der Waals surface area (Å²) in [6.45, 7) is 0. The first-order valence-corrected chi connectivity index (χ1v) is 18.4. The molecule has 0 saturated carbocycles. The van der Waals surface area contributed by atoms with Crippen molar-refractivity contribution in [3.05, 3.63) is 133 Å². The van der Waals surface area contributed by atoms with Crippen LogP contribution in [0.5, 0.6) is 0 Å². The Morgan fingerprint density at radius 1 is 0.469 bits per heavy atom. The minimum absolute atomic E-state index is 0.153. The molecule has 0 N–H and O–H groups in total. The highest BCUT2D eigenvalue weighted by atomic mass is 32.2. The molecule has 2 aliphatic heterocycles. The van der Waals surface area contributed by atoms with E-state index in [0.717, 1.165) is 41.1 Å². The third kappa shape index (κ3) is 6.25. The van der Waals surface area contributed by atoms with Crippen LogP contribution in [0.25, 0.3) is 21.5 Å². The van der Waals surface area contributed by atoms with Crippen molar-refractivity contribution in [3.63, 3.8) is 0 Å². The Morgan fingerprint density at radius 2 is 0.980 bits per heavy atom. The Labute approximate surface area is 295 Å². The fourth-order valence-electron chi connectivity index (χ4n) is 6.25. The number of hydrogen-bond acceptors (Lipinski definition) is 7. The predicted molar refractivity (Wildman–Crippen MR) is 198 cm³/mol. The maximum absolute atomic E-state index is 13.4. The topological polar surface area (TPSA) is 74.8 Å². The summed E-state index contributed by atoms with van der Waals surface area (Å²) in [6, 6.07) is 43.0. The molecule has 2 fully saturated rings. The highest BCUT2D eigenvalue weighted by Crippen LogP contribution is 2.39. The van der Waals surface area contributed by atoms with Crippen LogP contribution < -0.4 is 9.80 Å². The Bertz CT molecular complexity index is 2270. The lowest BCUT2D eigenvalue weighted by atomic mass is 10.1. The minimum Gasteiger partial charge on any atom is -0.274 e. The summed E-state index contributed by atoms with van der Waals surface area (Å²) in [4.78, 5) is 59.1. The van der Waals surface area contributed by atoms with E-state index in [4.69, 9.17) is 0 Å². The number of carbonyl (C=O) groups is 4. The Hall–Kier alpha value is -4.83. The molecule has 6 aromatic carbocycles. The third-order valence-corrected chi connectivity index (χ3v) is 12.1. The Balaban J connectivity index is 0.907. The van der Waals surface area contributed by atoms with Gasteiger partial charge in [-0.25, -0.2) is 9.80 Å². The highest BCUT2D eigenvalue weighted by Gasteiger charge is 2.41.